The molecule has 0 aromatic carbocycles. The first-order chi connectivity index (χ1) is 4.79. The fourth-order valence-electron chi connectivity index (χ4n) is 1.59. The van der Waals surface area contributed by atoms with Crippen LogP contribution in [-0.2, 0) is 0 Å². The summed E-state index contributed by atoms with van der Waals surface area (Å²) < 4.78 is 0. The Kier molecular flexibility index (Phi) is 2.94. The van der Waals surface area contributed by atoms with E-state index >= 15 is 0 Å². The normalized spacial score (nSPS) is 26.3. The number of allylic oxidation sites excluding steroid dienone is 1. The molecule has 1 heteroatoms. The van der Waals surface area contributed by atoms with Crippen molar-refractivity contribution in [1.29, 1.82) is 0 Å². The molecule has 1 aliphatic rings. The van der Waals surface area contributed by atoms with E-state index in [1.54, 1.807) is 0 Å². The number of rotatable bonds is 2. The third-order valence-electron chi connectivity index (χ3n) is 2.04. The van der Waals surface area contributed by atoms with E-state index in [0.29, 0.717) is 0 Å². The molecule has 0 spiro atoms. The summed E-state index contributed by atoms with van der Waals surface area (Å²) in [6.45, 7) is 8.46. The highest BCUT2D eigenvalue weighted by Crippen LogP contribution is 2.17. The SMILES string of the molecule is C=C(C)C[C@H]1CCCNC1. The minimum absolute atomic E-state index is 0.867. The molecule has 1 N–H and O–H groups in total. The lowest BCUT2D eigenvalue weighted by Crippen LogP contribution is -2.29. The van der Waals surface area contributed by atoms with Crippen molar-refractivity contribution in [2.45, 2.75) is 26.2 Å². The summed E-state index contributed by atoms with van der Waals surface area (Å²) in [6, 6.07) is 0. The molecule has 0 unspecified atom stereocenters. The largest absolute Gasteiger partial charge is 0.316 e. The Morgan fingerprint density at radius 3 is 3.00 bits per heavy atom. The molecule has 58 valence electrons. The van der Waals surface area contributed by atoms with Crippen molar-refractivity contribution in [2.24, 2.45) is 5.92 Å². The highest BCUT2D eigenvalue weighted by atomic mass is 14.9. The van der Waals surface area contributed by atoms with Crippen LogP contribution in [0.3, 0.4) is 0 Å². The molecule has 1 rings (SSSR count). The number of hydrogen-bond donors (Lipinski definition) is 1. The summed E-state index contributed by atoms with van der Waals surface area (Å²) in [7, 11) is 0. The van der Waals surface area contributed by atoms with Gasteiger partial charge in [0.25, 0.3) is 0 Å². The van der Waals surface area contributed by atoms with Crippen molar-refractivity contribution in [3.8, 4) is 0 Å². The molecule has 0 bridgehead atoms. The van der Waals surface area contributed by atoms with Crippen molar-refractivity contribution in [3.05, 3.63) is 12.2 Å². The van der Waals surface area contributed by atoms with Crippen molar-refractivity contribution >= 4 is 0 Å². The summed E-state index contributed by atoms with van der Waals surface area (Å²) in [4.78, 5) is 0. The molecule has 1 aliphatic heterocycles. The summed E-state index contributed by atoms with van der Waals surface area (Å²) in [6.07, 6.45) is 3.95. The second-order valence-electron chi connectivity index (χ2n) is 3.37. The van der Waals surface area contributed by atoms with Gasteiger partial charge in [0.05, 0.1) is 0 Å². The number of piperidine rings is 1. The summed E-state index contributed by atoms with van der Waals surface area (Å²) in [5.41, 5.74) is 1.33. The Bertz CT molecular complexity index is 112. The zero-order valence-electron chi connectivity index (χ0n) is 6.82. The first-order valence-corrected chi connectivity index (χ1v) is 4.14. The van der Waals surface area contributed by atoms with Crippen molar-refractivity contribution in [3.63, 3.8) is 0 Å². The van der Waals surface area contributed by atoms with Crippen molar-refractivity contribution in [1.82, 2.24) is 5.32 Å². The van der Waals surface area contributed by atoms with Gasteiger partial charge in [-0.1, -0.05) is 5.57 Å². The number of nitrogens with one attached hydrogen (secondary N) is 1. The summed E-state index contributed by atoms with van der Waals surface area (Å²) >= 11 is 0. The van der Waals surface area contributed by atoms with Crippen LogP contribution in [0, 0.1) is 5.92 Å². The lowest BCUT2D eigenvalue weighted by Gasteiger charge is -2.22. The molecule has 10 heavy (non-hydrogen) atoms. The van der Waals surface area contributed by atoms with Crippen LogP contribution in [0.5, 0.6) is 0 Å². The molecular formula is C9H17N. The fraction of sp³-hybridized carbons (Fsp3) is 0.778. The van der Waals surface area contributed by atoms with Crippen LogP contribution in [-0.4, -0.2) is 13.1 Å². The predicted octanol–water partition coefficient (Wildman–Crippen LogP) is 1.95. The van der Waals surface area contributed by atoms with Crippen LogP contribution in [0.25, 0.3) is 0 Å². The maximum atomic E-state index is 3.92. The Morgan fingerprint density at radius 1 is 1.70 bits per heavy atom. The van der Waals surface area contributed by atoms with E-state index in [1.165, 1.54) is 37.9 Å². The Balaban J connectivity index is 2.19. The maximum Gasteiger partial charge on any atom is -0.00174 e. The second kappa shape index (κ2) is 3.77. The van der Waals surface area contributed by atoms with Gasteiger partial charge in [-0.3, -0.25) is 0 Å². The van der Waals surface area contributed by atoms with Gasteiger partial charge in [-0.25, -0.2) is 0 Å². The molecule has 1 nitrogen and oxygen atoms in total. The minimum Gasteiger partial charge on any atom is -0.316 e. The third-order valence-corrected chi connectivity index (χ3v) is 2.04. The zero-order valence-corrected chi connectivity index (χ0v) is 6.82. The van der Waals surface area contributed by atoms with E-state index in [4.69, 9.17) is 0 Å². The van der Waals surface area contributed by atoms with Gasteiger partial charge < -0.3 is 5.32 Å². The molecule has 0 aliphatic carbocycles. The molecule has 0 aromatic rings. The van der Waals surface area contributed by atoms with Gasteiger partial charge in [-0.2, -0.15) is 0 Å². The average molecular weight is 139 g/mol. The van der Waals surface area contributed by atoms with E-state index in [-0.39, 0.29) is 0 Å². The maximum absolute atomic E-state index is 3.92. The van der Waals surface area contributed by atoms with Gasteiger partial charge in [0.2, 0.25) is 0 Å². The lowest BCUT2D eigenvalue weighted by atomic mass is 9.93. The highest BCUT2D eigenvalue weighted by molar-refractivity contribution is 4.91. The first kappa shape index (κ1) is 7.80. The standard InChI is InChI=1S/C9H17N/c1-8(2)6-9-4-3-5-10-7-9/h9-10H,1,3-7H2,2H3/t9-/m1/s1. The molecule has 1 fully saturated rings. The van der Waals surface area contributed by atoms with Gasteiger partial charge >= 0.3 is 0 Å². The Morgan fingerprint density at radius 2 is 2.50 bits per heavy atom. The average Bonchev–Trinajstić information content (AvgIpc) is 1.88. The van der Waals surface area contributed by atoms with Gasteiger partial charge in [0, 0.05) is 0 Å². The van der Waals surface area contributed by atoms with E-state index < -0.39 is 0 Å². The summed E-state index contributed by atoms with van der Waals surface area (Å²) in [5.74, 6) is 0.867. The Hall–Kier alpha value is -0.300. The van der Waals surface area contributed by atoms with E-state index in [9.17, 15) is 0 Å². The smallest absolute Gasteiger partial charge is 0.00174 e. The van der Waals surface area contributed by atoms with E-state index in [2.05, 4.69) is 18.8 Å². The molecule has 1 atom stereocenters. The molecule has 0 saturated carbocycles. The highest BCUT2D eigenvalue weighted by Gasteiger charge is 2.11. The van der Waals surface area contributed by atoms with Crippen LogP contribution in [0.2, 0.25) is 0 Å². The van der Waals surface area contributed by atoms with Gasteiger partial charge in [-0.15, -0.1) is 6.58 Å². The quantitative estimate of drug-likeness (QED) is 0.577. The minimum atomic E-state index is 0.867. The molecule has 0 aromatic heterocycles. The monoisotopic (exact) mass is 139 g/mol. The molecule has 1 heterocycles. The molecule has 0 amide bonds. The van der Waals surface area contributed by atoms with E-state index in [0.717, 1.165) is 5.92 Å². The van der Waals surface area contributed by atoms with Gasteiger partial charge in [-0.05, 0) is 45.2 Å². The Labute approximate surface area is 63.5 Å². The molecular weight excluding hydrogens is 122 g/mol. The van der Waals surface area contributed by atoms with Crippen LogP contribution < -0.4 is 5.32 Å². The van der Waals surface area contributed by atoms with Crippen LogP contribution in [0.4, 0.5) is 0 Å². The lowest BCUT2D eigenvalue weighted by molar-refractivity contribution is 0.375. The van der Waals surface area contributed by atoms with Gasteiger partial charge in [0.1, 0.15) is 0 Å². The van der Waals surface area contributed by atoms with Crippen LogP contribution in [0.15, 0.2) is 12.2 Å². The molecule has 0 radical (unpaired) electrons. The zero-order chi connectivity index (χ0) is 7.40. The first-order valence-electron chi connectivity index (χ1n) is 4.14. The van der Waals surface area contributed by atoms with Crippen molar-refractivity contribution < 1.29 is 0 Å². The topological polar surface area (TPSA) is 12.0 Å². The molecule has 1 saturated heterocycles. The second-order valence-corrected chi connectivity index (χ2v) is 3.37. The van der Waals surface area contributed by atoms with Crippen LogP contribution in [0.1, 0.15) is 26.2 Å². The summed E-state index contributed by atoms with van der Waals surface area (Å²) in [5, 5.41) is 3.40. The predicted molar refractivity (Wildman–Crippen MR) is 45.0 cm³/mol. The van der Waals surface area contributed by atoms with Crippen LogP contribution >= 0.6 is 0 Å². The number of hydrogen-bond acceptors (Lipinski definition) is 1. The van der Waals surface area contributed by atoms with Gasteiger partial charge in [0.15, 0.2) is 0 Å². The van der Waals surface area contributed by atoms with Crippen molar-refractivity contribution in [2.75, 3.05) is 13.1 Å². The third kappa shape index (κ3) is 2.53. The fourth-order valence-corrected chi connectivity index (χ4v) is 1.59. The van der Waals surface area contributed by atoms with E-state index in [1.807, 2.05) is 0 Å².